The first-order chi connectivity index (χ1) is 9.23. The molecular weight excluding hydrogens is 268 g/mol. The van der Waals surface area contributed by atoms with Crippen LogP contribution in [-0.2, 0) is 9.59 Å². The Bertz CT molecular complexity index is 618. The standard InChI is InChI=1S/C11H12N4O5/c1-11(2)10(18)13-8(16)5-14(11)9(17)6-3-4-7(12-6)15(19)20/h3-4,12H,5H2,1-2H3,(H,13,16,18). The van der Waals surface area contributed by atoms with Gasteiger partial charge >= 0.3 is 5.82 Å². The third-order valence-corrected chi connectivity index (χ3v) is 3.13. The Morgan fingerprint density at radius 3 is 2.60 bits per heavy atom. The second-order valence-electron chi connectivity index (χ2n) is 4.84. The van der Waals surface area contributed by atoms with Crippen molar-refractivity contribution >= 4 is 23.5 Å². The Labute approximate surface area is 113 Å². The van der Waals surface area contributed by atoms with E-state index in [1.807, 2.05) is 0 Å². The largest absolute Gasteiger partial charge is 0.358 e. The molecule has 106 valence electrons. The molecule has 0 spiro atoms. The van der Waals surface area contributed by atoms with Gasteiger partial charge < -0.3 is 15.0 Å². The van der Waals surface area contributed by atoms with Crippen LogP contribution in [0.4, 0.5) is 5.82 Å². The molecule has 0 bridgehead atoms. The van der Waals surface area contributed by atoms with Crippen LogP contribution in [0, 0.1) is 10.1 Å². The summed E-state index contributed by atoms with van der Waals surface area (Å²) in [6.07, 6.45) is 0. The summed E-state index contributed by atoms with van der Waals surface area (Å²) in [7, 11) is 0. The summed E-state index contributed by atoms with van der Waals surface area (Å²) in [5.41, 5.74) is -1.27. The molecule has 3 amide bonds. The highest BCUT2D eigenvalue weighted by Gasteiger charge is 2.44. The van der Waals surface area contributed by atoms with Crippen LogP contribution < -0.4 is 5.32 Å². The highest BCUT2D eigenvalue weighted by molar-refractivity contribution is 6.08. The van der Waals surface area contributed by atoms with Crippen LogP contribution in [0.1, 0.15) is 24.3 Å². The van der Waals surface area contributed by atoms with E-state index in [1.165, 1.54) is 19.9 Å². The molecule has 1 fully saturated rings. The van der Waals surface area contributed by atoms with Gasteiger partial charge in [-0.05, 0) is 24.8 Å². The van der Waals surface area contributed by atoms with Gasteiger partial charge in [-0.15, -0.1) is 0 Å². The highest BCUT2D eigenvalue weighted by Crippen LogP contribution is 2.21. The number of amides is 3. The first-order valence-corrected chi connectivity index (χ1v) is 5.73. The molecular formula is C11H12N4O5. The van der Waals surface area contributed by atoms with Crippen LogP contribution >= 0.6 is 0 Å². The highest BCUT2D eigenvalue weighted by atomic mass is 16.6. The zero-order chi connectivity index (χ0) is 15.1. The Morgan fingerprint density at radius 1 is 1.40 bits per heavy atom. The van der Waals surface area contributed by atoms with Gasteiger partial charge in [-0.25, -0.2) is 4.98 Å². The molecule has 1 saturated heterocycles. The maximum atomic E-state index is 12.3. The number of aromatic amines is 1. The van der Waals surface area contributed by atoms with E-state index in [4.69, 9.17) is 0 Å². The maximum absolute atomic E-state index is 12.3. The molecule has 2 N–H and O–H groups in total. The summed E-state index contributed by atoms with van der Waals surface area (Å²) in [5, 5.41) is 12.7. The van der Waals surface area contributed by atoms with Crippen molar-refractivity contribution in [2.24, 2.45) is 0 Å². The van der Waals surface area contributed by atoms with E-state index < -0.39 is 28.2 Å². The number of hydrogen-bond donors (Lipinski definition) is 2. The van der Waals surface area contributed by atoms with Crippen molar-refractivity contribution in [3.05, 3.63) is 27.9 Å². The van der Waals surface area contributed by atoms with Crippen LogP contribution in [0.3, 0.4) is 0 Å². The Hall–Kier alpha value is -2.71. The molecule has 9 heteroatoms. The van der Waals surface area contributed by atoms with Crippen molar-refractivity contribution in [2.45, 2.75) is 19.4 Å². The third kappa shape index (κ3) is 2.13. The zero-order valence-electron chi connectivity index (χ0n) is 10.8. The molecule has 0 aromatic carbocycles. The number of nitrogens with one attached hydrogen (secondary N) is 2. The van der Waals surface area contributed by atoms with E-state index in [-0.39, 0.29) is 18.1 Å². The normalized spacial score (nSPS) is 17.8. The maximum Gasteiger partial charge on any atom is 0.321 e. The fourth-order valence-corrected chi connectivity index (χ4v) is 1.87. The average Bonchev–Trinajstić information content (AvgIpc) is 2.83. The molecule has 0 atom stereocenters. The quantitative estimate of drug-likeness (QED) is 0.441. The van der Waals surface area contributed by atoms with Crippen LogP contribution in [0.5, 0.6) is 0 Å². The number of H-pyrrole nitrogens is 1. The van der Waals surface area contributed by atoms with Gasteiger partial charge in [0, 0.05) is 6.07 Å². The van der Waals surface area contributed by atoms with Gasteiger partial charge in [0.1, 0.15) is 12.1 Å². The predicted molar refractivity (Wildman–Crippen MR) is 65.7 cm³/mol. The summed E-state index contributed by atoms with van der Waals surface area (Å²) in [6, 6.07) is 2.39. The number of carbonyl (C=O) groups excluding carboxylic acids is 3. The van der Waals surface area contributed by atoms with Gasteiger partial charge in [-0.1, -0.05) is 0 Å². The Morgan fingerprint density at radius 2 is 2.05 bits per heavy atom. The number of piperazine rings is 1. The summed E-state index contributed by atoms with van der Waals surface area (Å²) in [4.78, 5) is 48.7. The second-order valence-corrected chi connectivity index (χ2v) is 4.84. The lowest BCUT2D eigenvalue weighted by molar-refractivity contribution is -0.389. The minimum Gasteiger partial charge on any atom is -0.358 e. The SMILES string of the molecule is CC1(C)C(=O)NC(=O)CN1C(=O)c1ccc([N+](=O)[O-])[nH]1. The number of nitro groups is 1. The van der Waals surface area contributed by atoms with Gasteiger partial charge in [-0.2, -0.15) is 0 Å². The molecule has 2 heterocycles. The summed E-state index contributed by atoms with van der Waals surface area (Å²) >= 11 is 0. The molecule has 9 nitrogen and oxygen atoms in total. The van der Waals surface area contributed by atoms with Crippen molar-refractivity contribution in [1.29, 1.82) is 0 Å². The monoisotopic (exact) mass is 280 g/mol. The zero-order valence-corrected chi connectivity index (χ0v) is 10.8. The number of imide groups is 1. The fourth-order valence-electron chi connectivity index (χ4n) is 1.87. The summed E-state index contributed by atoms with van der Waals surface area (Å²) < 4.78 is 0. The minimum atomic E-state index is -1.22. The Kier molecular flexibility index (Phi) is 3.04. The lowest BCUT2D eigenvalue weighted by Gasteiger charge is -2.39. The van der Waals surface area contributed by atoms with Gasteiger partial charge in [0.2, 0.25) is 5.91 Å². The van der Waals surface area contributed by atoms with Gasteiger partial charge in [-0.3, -0.25) is 19.7 Å². The predicted octanol–water partition coefficient (Wildman–Crippen LogP) is -0.200. The van der Waals surface area contributed by atoms with Crippen molar-refractivity contribution in [3.8, 4) is 0 Å². The smallest absolute Gasteiger partial charge is 0.321 e. The number of rotatable bonds is 2. The molecule has 1 aromatic heterocycles. The van der Waals surface area contributed by atoms with E-state index in [0.29, 0.717) is 0 Å². The molecule has 1 aliphatic rings. The van der Waals surface area contributed by atoms with Gasteiger partial charge in [0.25, 0.3) is 11.8 Å². The van der Waals surface area contributed by atoms with E-state index in [9.17, 15) is 24.5 Å². The van der Waals surface area contributed by atoms with Gasteiger partial charge in [0.15, 0.2) is 5.69 Å². The number of hydrogen-bond acceptors (Lipinski definition) is 5. The van der Waals surface area contributed by atoms with Crippen LogP contribution in [0.2, 0.25) is 0 Å². The fraction of sp³-hybridized carbons (Fsp3) is 0.364. The molecule has 20 heavy (non-hydrogen) atoms. The first-order valence-electron chi connectivity index (χ1n) is 5.73. The van der Waals surface area contributed by atoms with Crippen LogP contribution in [0.25, 0.3) is 0 Å². The lowest BCUT2D eigenvalue weighted by Crippen LogP contribution is -2.65. The number of aromatic nitrogens is 1. The van der Waals surface area contributed by atoms with Crippen molar-refractivity contribution in [1.82, 2.24) is 15.2 Å². The van der Waals surface area contributed by atoms with E-state index in [2.05, 4.69) is 10.3 Å². The van der Waals surface area contributed by atoms with E-state index >= 15 is 0 Å². The topological polar surface area (TPSA) is 125 Å². The first kappa shape index (κ1) is 13.7. The van der Waals surface area contributed by atoms with Crippen molar-refractivity contribution in [2.75, 3.05) is 6.54 Å². The Balaban J connectivity index is 2.32. The number of carbonyl (C=O) groups is 3. The molecule has 0 aliphatic carbocycles. The molecule has 1 aliphatic heterocycles. The van der Waals surface area contributed by atoms with Crippen LogP contribution in [0.15, 0.2) is 12.1 Å². The lowest BCUT2D eigenvalue weighted by atomic mass is 9.98. The van der Waals surface area contributed by atoms with Crippen molar-refractivity contribution < 1.29 is 19.3 Å². The summed E-state index contributed by atoms with van der Waals surface area (Å²) in [6.45, 7) is 2.69. The van der Waals surface area contributed by atoms with E-state index in [0.717, 1.165) is 11.0 Å². The third-order valence-electron chi connectivity index (χ3n) is 3.13. The molecule has 0 saturated carbocycles. The summed E-state index contributed by atoms with van der Waals surface area (Å²) in [5.74, 6) is -2.17. The minimum absolute atomic E-state index is 0.0488. The second kappa shape index (κ2) is 4.44. The molecule has 2 rings (SSSR count). The van der Waals surface area contributed by atoms with E-state index in [1.54, 1.807) is 0 Å². The van der Waals surface area contributed by atoms with Gasteiger partial charge in [0.05, 0.1) is 0 Å². The van der Waals surface area contributed by atoms with Crippen molar-refractivity contribution in [3.63, 3.8) is 0 Å². The molecule has 1 aromatic rings. The number of nitrogens with zero attached hydrogens (tertiary/aromatic N) is 2. The molecule has 0 radical (unpaired) electrons. The van der Waals surface area contributed by atoms with Crippen LogP contribution in [-0.4, -0.2) is 44.6 Å². The average molecular weight is 280 g/mol. The molecule has 0 unspecified atom stereocenters.